The van der Waals surface area contributed by atoms with Gasteiger partial charge in [-0.1, -0.05) is 17.8 Å². The predicted octanol–water partition coefficient (Wildman–Crippen LogP) is 1.89. The Hall–Kier alpha value is -3.66. The highest BCUT2D eigenvalue weighted by atomic mass is 32.2. The number of anilines is 1. The van der Waals surface area contributed by atoms with Crippen LogP contribution in [0.25, 0.3) is 0 Å². The van der Waals surface area contributed by atoms with Crippen LogP contribution < -0.4 is 24.8 Å². The number of amides is 2. The summed E-state index contributed by atoms with van der Waals surface area (Å²) >= 11 is 0.991. The van der Waals surface area contributed by atoms with Crippen LogP contribution in [-0.2, 0) is 14.4 Å². The standard InChI is InChI=1S/C22H18N2O7S/c1-29-12-6-3-9(7-14(12)30-2)24-20(26)16-15-11-5-4-10(25)8-13(11)31-22(28)17(15)19(23)32-18(16)21(24)27/h3-8,15-16,18,25H,23H2,1-2H3/t15-,16-,18+/m1/s1. The third-order valence-electron chi connectivity index (χ3n) is 5.87. The van der Waals surface area contributed by atoms with E-state index in [1.807, 2.05) is 0 Å². The first-order valence-electron chi connectivity index (χ1n) is 9.67. The second kappa shape index (κ2) is 7.20. The minimum Gasteiger partial charge on any atom is -0.508 e. The van der Waals surface area contributed by atoms with Gasteiger partial charge in [-0.3, -0.25) is 9.59 Å². The van der Waals surface area contributed by atoms with E-state index in [9.17, 15) is 19.5 Å². The Morgan fingerprint density at radius 2 is 1.78 bits per heavy atom. The predicted molar refractivity (Wildman–Crippen MR) is 115 cm³/mol. The molecule has 0 unspecified atom stereocenters. The SMILES string of the molecule is COc1ccc(N2C(=O)[C@H]3[C@H](SC(N)=C4C(=O)Oc5cc(O)ccc5[C@@H]43)C2=O)cc1OC. The number of fused-ring (bicyclic) bond motifs is 5. The molecule has 3 N–H and O–H groups in total. The van der Waals surface area contributed by atoms with Crippen molar-refractivity contribution >= 4 is 35.2 Å². The van der Waals surface area contributed by atoms with Gasteiger partial charge in [-0.15, -0.1) is 0 Å². The molecule has 164 valence electrons. The van der Waals surface area contributed by atoms with Crippen molar-refractivity contribution in [3.8, 4) is 23.0 Å². The zero-order valence-electron chi connectivity index (χ0n) is 17.0. The van der Waals surface area contributed by atoms with Crippen molar-refractivity contribution in [2.24, 2.45) is 11.7 Å². The Bertz CT molecular complexity index is 1220. The molecule has 0 aliphatic carbocycles. The molecule has 0 radical (unpaired) electrons. The lowest BCUT2D eigenvalue weighted by molar-refractivity contribution is -0.131. The number of ether oxygens (including phenoxy) is 3. The molecule has 2 aromatic carbocycles. The third kappa shape index (κ3) is 2.76. The summed E-state index contributed by atoms with van der Waals surface area (Å²) in [5, 5.41) is 9.14. The number of phenols is 1. The van der Waals surface area contributed by atoms with Gasteiger partial charge < -0.3 is 25.1 Å². The lowest BCUT2D eigenvalue weighted by Crippen LogP contribution is -2.39. The minimum atomic E-state index is -0.862. The number of nitrogens with zero attached hydrogens (tertiary/aromatic N) is 1. The topological polar surface area (TPSA) is 128 Å². The molecule has 3 heterocycles. The average molecular weight is 454 g/mol. The number of aromatic hydroxyl groups is 1. The van der Waals surface area contributed by atoms with Crippen molar-refractivity contribution in [3.63, 3.8) is 0 Å². The molecule has 9 nitrogen and oxygen atoms in total. The number of nitrogens with two attached hydrogens (primary N) is 1. The fourth-order valence-electron chi connectivity index (χ4n) is 4.46. The van der Waals surface area contributed by atoms with E-state index < -0.39 is 34.9 Å². The van der Waals surface area contributed by atoms with Gasteiger partial charge in [0.15, 0.2) is 11.5 Å². The summed E-state index contributed by atoms with van der Waals surface area (Å²) in [5.41, 5.74) is 7.18. The summed E-state index contributed by atoms with van der Waals surface area (Å²) in [6.45, 7) is 0. The van der Waals surface area contributed by atoms with Gasteiger partial charge in [0, 0.05) is 23.6 Å². The van der Waals surface area contributed by atoms with Gasteiger partial charge >= 0.3 is 5.97 Å². The maximum absolute atomic E-state index is 13.6. The number of phenolic OH excluding ortho intramolecular Hbond substituents is 1. The molecule has 0 saturated carbocycles. The molecule has 1 saturated heterocycles. The molecular formula is C22H18N2O7S. The van der Waals surface area contributed by atoms with E-state index in [1.54, 1.807) is 24.3 Å². The molecule has 5 rings (SSSR count). The lowest BCUT2D eigenvalue weighted by Gasteiger charge is -2.36. The van der Waals surface area contributed by atoms with Gasteiger partial charge in [0.2, 0.25) is 11.8 Å². The largest absolute Gasteiger partial charge is 0.508 e. The van der Waals surface area contributed by atoms with Crippen LogP contribution in [-0.4, -0.2) is 42.4 Å². The Morgan fingerprint density at radius 1 is 1.03 bits per heavy atom. The number of imide groups is 1. The maximum atomic E-state index is 13.6. The smallest absolute Gasteiger partial charge is 0.342 e. The summed E-state index contributed by atoms with van der Waals surface area (Å²) < 4.78 is 15.9. The fourth-order valence-corrected chi connectivity index (χ4v) is 5.70. The Balaban J connectivity index is 1.62. The molecule has 1 fully saturated rings. The average Bonchev–Trinajstić information content (AvgIpc) is 3.02. The number of hydrogen-bond acceptors (Lipinski definition) is 9. The highest BCUT2D eigenvalue weighted by molar-refractivity contribution is 8.04. The van der Waals surface area contributed by atoms with Gasteiger partial charge in [0.1, 0.15) is 16.7 Å². The zero-order valence-corrected chi connectivity index (χ0v) is 17.8. The van der Waals surface area contributed by atoms with Gasteiger partial charge in [-0.25, -0.2) is 9.69 Å². The van der Waals surface area contributed by atoms with E-state index in [0.717, 1.165) is 16.7 Å². The molecule has 2 amide bonds. The summed E-state index contributed by atoms with van der Waals surface area (Å²) in [6.07, 6.45) is 0. The molecule has 3 atom stereocenters. The van der Waals surface area contributed by atoms with Crippen LogP contribution in [0.5, 0.6) is 23.0 Å². The molecule has 0 aromatic heterocycles. The maximum Gasteiger partial charge on any atom is 0.342 e. The number of benzene rings is 2. The second-order valence-corrected chi connectivity index (χ2v) is 8.67. The van der Waals surface area contributed by atoms with Crippen molar-refractivity contribution in [1.82, 2.24) is 0 Å². The lowest BCUT2D eigenvalue weighted by atomic mass is 9.77. The molecule has 32 heavy (non-hydrogen) atoms. The van der Waals surface area contributed by atoms with Crippen molar-refractivity contribution in [1.29, 1.82) is 0 Å². The van der Waals surface area contributed by atoms with E-state index in [0.29, 0.717) is 22.7 Å². The van der Waals surface area contributed by atoms with Gasteiger partial charge in [0.05, 0.1) is 36.4 Å². The monoisotopic (exact) mass is 454 g/mol. The second-order valence-electron chi connectivity index (χ2n) is 7.48. The first-order chi connectivity index (χ1) is 15.3. The molecule has 10 heteroatoms. The number of rotatable bonds is 3. The first-order valence-corrected chi connectivity index (χ1v) is 10.5. The van der Waals surface area contributed by atoms with Crippen molar-refractivity contribution < 1.29 is 33.7 Å². The van der Waals surface area contributed by atoms with Gasteiger partial charge in [-0.05, 0) is 18.2 Å². The van der Waals surface area contributed by atoms with Crippen molar-refractivity contribution in [3.05, 3.63) is 52.6 Å². The van der Waals surface area contributed by atoms with Gasteiger partial charge in [-0.2, -0.15) is 0 Å². The highest BCUT2D eigenvalue weighted by Crippen LogP contribution is 2.55. The third-order valence-corrected chi connectivity index (χ3v) is 7.09. The van der Waals surface area contributed by atoms with Gasteiger partial charge in [0.25, 0.3) is 0 Å². The molecule has 3 aliphatic rings. The van der Waals surface area contributed by atoms with Crippen LogP contribution in [0.1, 0.15) is 11.5 Å². The minimum absolute atomic E-state index is 0.0838. The summed E-state index contributed by atoms with van der Waals surface area (Å²) in [7, 11) is 2.95. The van der Waals surface area contributed by atoms with E-state index in [4.69, 9.17) is 19.9 Å². The summed E-state index contributed by atoms with van der Waals surface area (Å²) in [5.74, 6) is -2.32. The van der Waals surface area contributed by atoms with Crippen LogP contribution in [0.4, 0.5) is 5.69 Å². The fraction of sp³-hybridized carbons (Fsp3) is 0.227. The molecular weight excluding hydrogens is 436 g/mol. The van der Waals surface area contributed by atoms with Crippen LogP contribution in [0.2, 0.25) is 0 Å². The first kappa shape index (κ1) is 20.3. The molecule has 3 aliphatic heterocycles. The Labute approximate surface area is 186 Å². The van der Waals surface area contributed by atoms with Crippen LogP contribution in [0.3, 0.4) is 0 Å². The van der Waals surface area contributed by atoms with Crippen molar-refractivity contribution in [2.45, 2.75) is 11.2 Å². The van der Waals surface area contributed by atoms with E-state index in [2.05, 4.69) is 0 Å². The quantitative estimate of drug-likeness (QED) is 0.406. The number of carbonyl (C=O) groups is 3. The van der Waals surface area contributed by atoms with E-state index in [1.165, 1.54) is 26.4 Å². The molecule has 0 bridgehead atoms. The van der Waals surface area contributed by atoms with E-state index in [-0.39, 0.29) is 22.1 Å². The van der Waals surface area contributed by atoms with Crippen LogP contribution >= 0.6 is 11.8 Å². The van der Waals surface area contributed by atoms with Crippen LogP contribution in [0.15, 0.2) is 47.0 Å². The number of thioether (sulfide) groups is 1. The summed E-state index contributed by atoms with van der Waals surface area (Å²) in [6, 6.07) is 9.09. The molecule has 2 aromatic rings. The normalized spacial score (nSPS) is 24.0. The number of hydrogen-bond donors (Lipinski definition) is 2. The molecule has 0 spiro atoms. The van der Waals surface area contributed by atoms with Crippen LogP contribution in [0, 0.1) is 5.92 Å². The van der Waals surface area contributed by atoms with Crippen molar-refractivity contribution in [2.75, 3.05) is 19.1 Å². The Kier molecular flexibility index (Phi) is 4.55. The number of carbonyl (C=O) groups excluding carboxylic acids is 3. The zero-order chi connectivity index (χ0) is 22.7. The van der Waals surface area contributed by atoms with E-state index >= 15 is 0 Å². The number of esters is 1. The Morgan fingerprint density at radius 3 is 2.50 bits per heavy atom. The summed E-state index contributed by atoms with van der Waals surface area (Å²) in [4.78, 5) is 40.8. The highest BCUT2D eigenvalue weighted by Gasteiger charge is 2.58. The number of methoxy groups -OCH3 is 2.